The van der Waals surface area contributed by atoms with E-state index in [1.54, 1.807) is 12.1 Å². The van der Waals surface area contributed by atoms with E-state index in [4.69, 9.17) is 4.74 Å². The normalized spacial score (nSPS) is 14.7. The topological polar surface area (TPSA) is 55.4 Å². The van der Waals surface area contributed by atoms with Crippen LogP contribution in [-0.4, -0.2) is 36.5 Å². The maximum Gasteiger partial charge on any atom is 0.338 e. The van der Waals surface area contributed by atoms with Crippen LogP contribution in [0, 0.1) is 0 Å². The van der Waals surface area contributed by atoms with Crippen molar-refractivity contribution in [2.75, 3.05) is 24.7 Å². The lowest BCUT2D eigenvalue weighted by atomic mass is 10.1. The Hall–Kier alpha value is -1.14. The molecule has 0 radical (unpaired) electrons. The van der Waals surface area contributed by atoms with Crippen LogP contribution in [0.1, 0.15) is 46.7 Å². The van der Waals surface area contributed by atoms with E-state index >= 15 is 0 Å². The smallest absolute Gasteiger partial charge is 0.338 e. The third kappa shape index (κ3) is 6.11. The summed E-state index contributed by atoms with van der Waals surface area (Å²) in [5.74, 6) is 1.65. The number of carbonyl (C=O) groups excluding carboxylic acids is 2. The molecule has 1 aliphatic heterocycles. The minimum atomic E-state index is -0.452. The number of hydrogen-bond acceptors (Lipinski definition) is 5. The largest absolute Gasteiger partial charge is 0.452 e. The number of unbranched alkanes of at least 4 members (excludes halogenated alkanes) is 2. The van der Waals surface area contributed by atoms with E-state index in [0.717, 1.165) is 19.3 Å². The number of hydrogen-bond donors (Lipinski definition) is 1. The number of rotatable bonds is 8. The highest BCUT2D eigenvalue weighted by Gasteiger charge is 2.18. The molecule has 6 heteroatoms. The van der Waals surface area contributed by atoms with Crippen LogP contribution in [-0.2, 0) is 9.53 Å². The van der Waals surface area contributed by atoms with E-state index in [2.05, 4.69) is 12.2 Å². The molecule has 1 aliphatic rings. The number of ether oxygens (including phenoxy) is 1. The van der Waals surface area contributed by atoms with Gasteiger partial charge in [-0.1, -0.05) is 31.9 Å². The van der Waals surface area contributed by atoms with Crippen LogP contribution in [0.4, 0.5) is 0 Å². The summed E-state index contributed by atoms with van der Waals surface area (Å²) in [7, 11) is 0. The molecule has 0 unspecified atom stereocenters. The Morgan fingerprint density at radius 2 is 1.87 bits per heavy atom. The molecule has 2 rings (SSSR count). The molecule has 126 valence electrons. The predicted molar refractivity (Wildman–Crippen MR) is 96.9 cm³/mol. The molecule has 0 aliphatic carbocycles. The van der Waals surface area contributed by atoms with Gasteiger partial charge < -0.3 is 10.1 Å². The Morgan fingerprint density at radius 3 is 2.52 bits per heavy atom. The second kappa shape index (κ2) is 9.88. The molecule has 1 amide bonds. The highest BCUT2D eigenvalue weighted by atomic mass is 32.2. The predicted octanol–water partition coefficient (Wildman–Crippen LogP) is 3.63. The quantitative estimate of drug-likeness (QED) is 0.571. The van der Waals surface area contributed by atoms with Gasteiger partial charge in [0.15, 0.2) is 6.61 Å². The molecule has 1 fully saturated rings. The molecule has 23 heavy (non-hydrogen) atoms. The molecule has 4 nitrogen and oxygen atoms in total. The highest BCUT2D eigenvalue weighted by molar-refractivity contribution is 8.19. The minimum absolute atomic E-state index is 0.221. The van der Waals surface area contributed by atoms with E-state index in [1.807, 2.05) is 35.7 Å². The fraction of sp³-hybridized carbons (Fsp3) is 0.529. The number of benzene rings is 1. The van der Waals surface area contributed by atoms with Crippen LogP contribution in [0.2, 0.25) is 0 Å². The molecule has 0 saturated carbocycles. The summed E-state index contributed by atoms with van der Waals surface area (Å²) in [6, 6.07) is 7.49. The van der Waals surface area contributed by atoms with Gasteiger partial charge in [0.05, 0.1) is 10.1 Å². The lowest BCUT2D eigenvalue weighted by molar-refractivity contribution is -0.124. The maximum absolute atomic E-state index is 11.9. The van der Waals surface area contributed by atoms with E-state index in [9.17, 15) is 9.59 Å². The van der Waals surface area contributed by atoms with Crippen LogP contribution in [0.5, 0.6) is 0 Å². The van der Waals surface area contributed by atoms with Crippen molar-refractivity contribution >= 4 is 35.4 Å². The average molecular weight is 354 g/mol. The third-order valence-electron chi connectivity index (χ3n) is 3.48. The summed E-state index contributed by atoms with van der Waals surface area (Å²) in [5.41, 5.74) is 1.71. The Balaban J connectivity index is 1.73. The van der Waals surface area contributed by atoms with Gasteiger partial charge >= 0.3 is 5.97 Å². The summed E-state index contributed by atoms with van der Waals surface area (Å²) in [6.45, 7) is 2.52. The van der Waals surface area contributed by atoms with Gasteiger partial charge in [-0.2, -0.15) is 0 Å². The van der Waals surface area contributed by atoms with E-state index < -0.39 is 5.97 Å². The molecule has 1 N–H and O–H groups in total. The SMILES string of the molecule is CCCCCNC(=O)COC(=O)c1ccc(C2SCCS2)cc1. The Kier molecular flexibility index (Phi) is 7.82. The second-order valence-electron chi connectivity index (χ2n) is 5.33. The van der Waals surface area contributed by atoms with Crippen LogP contribution in [0.3, 0.4) is 0 Å². The van der Waals surface area contributed by atoms with E-state index in [1.165, 1.54) is 17.1 Å². The van der Waals surface area contributed by atoms with Crippen molar-refractivity contribution in [1.82, 2.24) is 5.32 Å². The lowest BCUT2D eigenvalue weighted by Crippen LogP contribution is -2.29. The maximum atomic E-state index is 11.9. The first-order chi connectivity index (χ1) is 11.2. The van der Waals surface area contributed by atoms with Gasteiger partial charge in [-0.05, 0) is 24.1 Å². The zero-order chi connectivity index (χ0) is 16.5. The zero-order valence-corrected chi connectivity index (χ0v) is 15.0. The third-order valence-corrected chi connectivity index (χ3v) is 6.58. The molecule has 0 bridgehead atoms. The van der Waals surface area contributed by atoms with Crippen molar-refractivity contribution in [3.8, 4) is 0 Å². The minimum Gasteiger partial charge on any atom is -0.452 e. The monoisotopic (exact) mass is 353 g/mol. The number of nitrogens with one attached hydrogen (secondary N) is 1. The average Bonchev–Trinajstić information content (AvgIpc) is 3.11. The van der Waals surface area contributed by atoms with Crippen molar-refractivity contribution < 1.29 is 14.3 Å². The van der Waals surface area contributed by atoms with Crippen LogP contribution in [0.15, 0.2) is 24.3 Å². The van der Waals surface area contributed by atoms with E-state index in [-0.39, 0.29) is 12.5 Å². The molecular formula is C17H23NO3S2. The molecule has 1 saturated heterocycles. The van der Waals surface area contributed by atoms with Crippen LogP contribution >= 0.6 is 23.5 Å². The fourth-order valence-corrected chi connectivity index (χ4v) is 5.05. The molecule has 0 spiro atoms. The van der Waals surface area contributed by atoms with Crippen molar-refractivity contribution in [1.29, 1.82) is 0 Å². The summed E-state index contributed by atoms with van der Waals surface area (Å²) in [4.78, 5) is 23.5. The second-order valence-corrected chi connectivity index (χ2v) is 8.05. The zero-order valence-electron chi connectivity index (χ0n) is 13.4. The molecule has 1 aromatic rings. The van der Waals surface area contributed by atoms with Gasteiger partial charge in [0.25, 0.3) is 5.91 Å². The van der Waals surface area contributed by atoms with Crippen molar-refractivity contribution in [2.24, 2.45) is 0 Å². The number of thioether (sulfide) groups is 2. The standard InChI is InChI=1S/C17H23NO3S2/c1-2-3-4-9-18-15(19)12-21-16(20)13-5-7-14(8-6-13)17-22-10-11-23-17/h5-8,17H,2-4,9-12H2,1H3,(H,18,19). The lowest BCUT2D eigenvalue weighted by Gasteiger charge is -2.09. The summed E-state index contributed by atoms with van der Waals surface area (Å²) < 4.78 is 5.52. The molecule has 0 atom stereocenters. The molecule has 1 heterocycles. The number of amides is 1. The number of esters is 1. The molecular weight excluding hydrogens is 330 g/mol. The van der Waals surface area contributed by atoms with Crippen molar-refractivity contribution in [3.05, 3.63) is 35.4 Å². The van der Waals surface area contributed by atoms with Gasteiger partial charge in [0.2, 0.25) is 0 Å². The van der Waals surface area contributed by atoms with Gasteiger partial charge in [-0.25, -0.2) is 4.79 Å². The van der Waals surface area contributed by atoms with E-state index in [0.29, 0.717) is 16.7 Å². The van der Waals surface area contributed by atoms with Crippen LogP contribution in [0.25, 0.3) is 0 Å². The highest BCUT2D eigenvalue weighted by Crippen LogP contribution is 2.45. The first kappa shape index (κ1) is 18.2. The molecule has 0 aromatic heterocycles. The summed E-state index contributed by atoms with van der Waals surface area (Å²) in [5, 5.41) is 2.75. The summed E-state index contributed by atoms with van der Waals surface area (Å²) in [6.07, 6.45) is 3.15. The van der Waals surface area contributed by atoms with Crippen molar-refractivity contribution in [3.63, 3.8) is 0 Å². The van der Waals surface area contributed by atoms with Gasteiger partial charge in [0, 0.05) is 18.1 Å². The van der Waals surface area contributed by atoms with Gasteiger partial charge in [-0.3, -0.25) is 4.79 Å². The van der Waals surface area contributed by atoms with Crippen molar-refractivity contribution in [2.45, 2.75) is 30.8 Å². The molecule has 1 aromatic carbocycles. The van der Waals surface area contributed by atoms with Gasteiger partial charge in [0.1, 0.15) is 0 Å². The van der Waals surface area contributed by atoms with Crippen LogP contribution < -0.4 is 5.32 Å². The fourth-order valence-electron chi connectivity index (χ4n) is 2.20. The van der Waals surface area contributed by atoms with Gasteiger partial charge in [-0.15, -0.1) is 23.5 Å². The Labute approximate surface area is 146 Å². The first-order valence-corrected chi connectivity index (χ1v) is 10.1. The number of carbonyl (C=O) groups is 2. The first-order valence-electron chi connectivity index (χ1n) is 7.97. The Morgan fingerprint density at radius 1 is 1.17 bits per heavy atom. The summed E-state index contributed by atoms with van der Waals surface area (Å²) >= 11 is 3.86. The Bertz CT molecular complexity index is 513.